The first kappa shape index (κ1) is 15.8. The molecule has 1 aliphatic heterocycles. The molecule has 2 N–H and O–H groups in total. The summed E-state index contributed by atoms with van der Waals surface area (Å²) in [5.74, 6) is 1.20. The number of carbonyl (C=O) groups is 1. The molecule has 4 nitrogen and oxygen atoms in total. The molecule has 2 atom stereocenters. The summed E-state index contributed by atoms with van der Waals surface area (Å²) >= 11 is 0. The minimum absolute atomic E-state index is 0.0226. The zero-order chi connectivity index (χ0) is 15.2. The number of benzene rings is 1. The summed E-state index contributed by atoms with van der Waals surface area (Å²) in [6.45, 7) is 8.02. The van der Waals surface area contributed by atoms with Gasteiger partial charge in [0.1, 0.15) is 5.75 Å². The molecule has 21 heavy (non-hydrogen) atoms. The average molecular weight is 290 g/mol. The number of hydrogen-bond acceptors (Lipinski definition) is 3. The van der Waals surface area contributed by atoms with E-state index >= 15 is 0 Å². The molecule has 0 radical (unpaired) electrons. The van der Waals surface area contributed by atoms with E-state index in [4.69, 9.17) is 4.74 Å². The van der Waals surface area contributed by atoms with Gasteiger partial charge in [-0.1, -0.05) is 19.9 Å². The molecule has 1 amide bonds. The van der Waals surface area contributed by atoms with Crippen LogP contribution in [0.5, 0.6) is 5.75 Å². The molecule has 1 aromatic rings. The SMILES string of the molecule is CC(C)COc1cccc(C(=O)NC2CCCNC2C)c1. The van der Waals surface area contributed by atoms with Crippen molar-refractivity contribution in [3.8, 4) is 5.75 Å². The standard InChI is InChI=1S/C17H26N2O2/c1-12(2)11-21-15-7-4-6-14(10-15)17(20)19-16-8-5-9-18-13(16)3/h4,6-7,10,12-13,16,18H,5,8-9,11H2,1-3H3,(H,19,20). The van der Waals surface area contributed by atoms with Gasteiger partial charge in [0.05, 0.1) is 6.61 Å². The van der Waals surface area contributed by atoms with Crippen LogP contribution < -0.4 is 15.4 Å². The van der Waals surface area contributed by atoms with Crippen LogP contribution in [0.4, 0.5) is 0 Å². The number of rotatable bonds is 5. The number of piperidine rings is 1. The first-order valence-corrected chi connectivity index (χ1v) is 7.83. The lowest BCUT2D eigenvalue weighted by atomic mass is 9.99. The van der Waals surface area contributed by atoms with Crippen molar-refractivity contribution in [1.82, 2.24) is 10.6 Å². The van der Waals surface area contributed by atoms with Crippen molar-refractivity contribution < 1.29 is 9.53 Å². The van der Waals surface area contributed by atoms with E-state index in [-0.39, 0.29) is 11.9 Å². The van der Waals surface area contributed by atoms with Crippen LogP contribution in [0, 0.1) is 5.92 Å². The Kier molecular flexibility index (Phi) is 5.62. The molecular weight excluding hydrogens is 264 g/mol. The van der Waals surface area contributed by atoms with Crippen molar-refractivity contribution in [3.63, 3.8) is 0 Å². The van der Waals surface area contributed by atoms with Crippen LogP contribution in [-0.4, -0.2) is 31.1 Å². The number of amides is 1. The topological polar surface area (TPSA) is 50.4 Å². The molecule has 1 aliphatic rings. The van der Waals surface area contributed by atoms with Gasteiger partial charge in [-0.25, -0.2) is 0 Å². The van der Waals surface area contributed by atoms with Crippen LogP contribution in [0.15, 0.2) is 24.3 Å². The largest absolute Gasteiger partial charge is 0.493 e. The fourth-order valence-corrected chi connectivity index (χ4v) is 2.48. The summed E-state index contributed by atoms with van der Waals surface area (Å²) in [5.41, 5.74) is 0.661. The Morgan fingerprint density at radius 3 is 3.00 bits per heavy atom. The Balaban J connectivity index is 1.96. The molecule has 0 saturated carbocycles. The highest BCUT2D eigenvalue weighted by molar-refractivity contribution is 5.94. The van der Waals surface area contributed by atoms with Gasteiger partial charge in [-0.05, 0) is 50.4 Å². The van der Waals surface area contributed by atoms with Crippen LogP contribution in [-0.2, 0) is 0 Å². The predicted octanol–water partition coefficient (Wildman–Crippen LogP) is 2.59. The fourth-order valence-electron chi connectivity index (χ4n) is 2.48. The van der Waals surface area contributed by atoms with Crippen molar-refractivity contribution in [2.24, 2.45) is 5.92 Å². The number of ether oxygens (including phenoxy) is 1. The summed E-state index contributed by atoms with van der Waals surface area (Å²) in [4.78, 5) is 12.4. The van der Waals surface area contributed by atoms with Crippen molar-refractivity contribution in [2.75, 3.05) is 13.2 Å². The lowest BCUT2D eigenvalue weighted by Crippen LogP contribution is -2.51. The quantitative estimate of drug-likeness (QED) is 0.876. The maximum Gasteiger partial charge on any atom is 0.251 e. The van der Waals surface area contributed by atoms with Crippen LogP contribution in [0.2, 0.25) is 0 Å². The molecule has 1 saturated heterocycles. The van der Waals surface area contributed by atoms with E-state index < -0.39 is 0 Å². The third-order valence-corrected chi connectivity index (χ3v) is 3.76. The highest BCUT2D eigenvalue weighted by Gasteiger charge is 2.22. The Hall–Kier alpha value is -1.55. The average Bonchev–Trinajstić information content (AvgIpc) is 2.48. The third-order valence-electron chi connectivity index (χ3n) is 3.76. The maximum atomic E-state index is 12.4. The van der Waals surface area contributed by atoms with E-state index in [1.807, 2.05) is 24.3 Å². The monoisotopic (exact) mass is 290 g/mol. The first-order chi connectivity index (χ1) is 10.1. The summed E-state index contributed by atoms with van der Waals surface area (Å²) in [6.07, 6.45) is 2.14. The lowest BCUT2D eigenvalue weighted by Gasteiger charge is -2.30. The highest BCUT2D eigenvalue weighted by atomic mass is 16.5. The number of nitrogens with one attached hydrogen (secondary N) is 2. The number of hydrogen-bond donors (Lipinski definition) is 2. The second kappa shape index (κ2) is 7.46. The molecule has 2 rings (SSSR count). The lowest BCUT2D eigenvalue weighted by molar-refractivity contribution is 0.0919. The highest BCUT2D eigenvalue weighted by Crippen LogP contribution is 2.15. The van der Waals surface area contributed by atoms with Crippen LogP contribution in [0.25, 0.3) is 0 Å². The van der Waals surface area contributed by atoms with E-state index in [0.717, 1.165) is 25.1 Å². The smallest absolute Gasteiger partial charge is 0.251 e. The molecule has 116 valence electrons. The Labute approximate surface area is 127 Å². The maximum absolute atomic E-state index is 12.4. The van der Waals surface area contributed by atoms with Crippen molar-refractivity contribution >= 4 is 5.91 Å². The van der Waals surface area contributed by atoms with Crippen LogP contribution >= 0.6 is 0 Å². The first-order valence-electron chi connectivity index (χ1n) is 7.83. The second-order valence-corrected chi connectivity index (χ2v) is 6.20. The summed E-state index contributed by atoms with van der Waals surface area (Å²) in [6, 6.07) is 7.93. The van der Waals surface area contributed by atoms with Gasteiger partial charge in [0.2, 0.25) is 0 Å². The van der Waals surface area contributed by atoms with E-state index in [1.165, 1.54) is 0 Å². The second-order valence-electron chi connectivity index (χ2n) is 6.20. The predicted molar refractivity (Wildman–Crippen MR) is 84.7 cm³/mol. The van der Waals surface area contributed by atoms with Gasteiger partial charge in [-0.2, -0.15) is 0 Å². The zero-order valence-electron chi connectivity index (χ0n) is 13.2. The third kappa shape index (κ3) is 4.74. The van der Waals surface area contributed by atoms with Gasteiger partial charge in [0.25, 0.3) is 5.91 Å². The zero-order valence-corrected chi connectivity index (χ0v) is 13.2. The van der Waals surface area contributed by atoms with Gasteiger partial charge in [-0.3, -0.25) is 4.79 Å². The van der Waals surface area contributed by atoms with Gasteiger partial charge in [-0.15, -0.1) is 0 Å². The Bertz CT molecular complexity index is 474. The minimum Gasteiger partial charge on any atom is -0.493 e. The van der Waals surface area contributed by atoms with Gasteiger partial charge in [0.15, 0.2) is 0 Å². The van der Waals surface area contributed by atoms with Gasteiger partial charge >= 0.3 is 0 Å². The van der Waals surface area contributed by atoms with Crippen molar-refractivity contribution in [1.29, 1.82) is 0 Å². The Morgan fingerprint density at radius 1 is 1.48 bits per heavy atom. The molecule has 1 aromatic carbocycles. The molecule has 0 spiro atoms. The van der Waals surface area contributed by atoms with Crippen molar-refractivity contribution in [3.05, 3.63) is 29.8 Å². The summed E-state index contributed by atoms with van der Waals surface area (Å²) in [7, 11) is 0. The molecule has 0 aromatic heterocycles. The van der Waals surface area contributed by atoms with Crippen LogP contribution in [0.1, 0.15) is 44.0 Å². The van der Waals surface area contributed by atoms with Gasteiger partial charge < -0.3 is 15.4 Å². The molecule has 1 fully saturated rings. The van der Waals surface area contributed by atoms with E-state index in [2.05, 4.69) is 31.4 Å². The van der Waals surface area contributed by atoms with Crippen LogP contribution in [0.3, 0.4) is 0 Å². The minimum atomic E-state index is -0.0226. The molecular formula is C17H26N2O2. The van der Waals surface area contributed by atoms with Crippen molar-refractivity contribution in [2.45, 2.75) is 45.7 Å². The fraction of sp³-hybridized carbons (Fsp3) is 0.588. The molecule has 1 heterocycles. The Morgan fingerprint density at radius 2 is 2.29 bits per heavy atom. The number of carbonyl (C=O) groups excluding carboxylic acids is 1. The summed E-state index contributed by atoms with van der Waals surface area (Å²) in [5, 5.41) is 6.51. The molecule has 2 unspecified atom stereocenters. The van der Waals surface area contributed by atoms with E-state index in [9.17, 15) is 4.79 Å². The van der Waals surface area contributed by atoms with E-state index in [1.54, 1.807) is 0 Å². The summed E-state index contributed by atoms with van der Waals surface area (Å²) < 4.78 is 5.68. The molecule has 0 aliphatic carbocycles. The molecule has 4 heteroatoms. The normalized spacial score (nSPS) is 22.1. The van der Waals surface area contributed by atoms with Gasteiger partial charge in [0, 0.05) is 17.6 Å². The molecule has 0 bridgehead atoms. The van der Waals surface area contributed by atoms with E-state index in [0.29, 0.717) is 24.1 Å².